The second kappa shape index (κ2) is 5.01. The SMILES string of the molecule is CNC(C)NS(=O)(=O)c1cccc2cnccc12. The Morgan fingerprint density at radius 3 is 2.78 bits per heavy atom. The van der Waals surface area contributed by atoms with Crippen molar-refractivity contribution in [3.05, 3.63) is 36.7 Å². The highest BCUT2D eigenvalue weighted by molar-refractivity contribution is 7.89. The summed E-state index contributed by atoms with van der Waals surface area (Å²) in [5.41, 5.74) is 0. The van der Waals surface area contributed by atoms with Gasteiger partial charge in [0, 0.05) is 23.2 Å². The third-order valence-electron chi connectivity index (χ3n) is 2.70. The summed E-state index contributed by atoms with van der Waals surface area (Å²) in [5.74, 6) is 0. The van der Waals surface area contributed by atoms with Crippen molar-refractivity contribution in [2.75, 3.05) is 7.05 Å². The number of nitrogens with zero attached hydrogens (tertiary/aromatic N) is 1. The fourth-order valence-electron chi connectivity index (χ4n) is 1.68. The van der Waals surface area contributed by atoms with E-state index in [9.17, 15) is 8.42 Å². The first kappa shape index (κ1) is 12.9. The highest BCUT2D eigenvalue weighted by Crippen LogP contribution is 2.21. The van der Waals surface area contributed by atoms with Gasteiger partial charge in [-0.3, -0.25) is 4.98 Å². The maximum absolute atomic E-state index is 12.2. The Kier molecular flexibility index (Phi) is 3.60. The van der Waals surface area contributed by atoms with E-state index in [0.29, 0.717) is 5.39 Å². The van der Waals surface area contributed by atoms with E-state index in [2.05, 4.69) is 15.0 Å². The number of pyridine rings is 1. The van der Waals surface area contributed by atoms with E-state index in [1.165, 1.54) is 0 Å². The molecule has 18 heavy (non-hydrogen) atoms. The molecule has 2 aromatic rings. The summed E-state index contributed by atoms with van der Waals surface area (Å²) in [4.78, 5) is 4.25. The molecular weight excluding hydrogens is 250 g/mol. The Labute approximate surface area is 106 Å². The Balaban J connectivity index is 2.54. The van der Waals surface area contributed by atoms with Gasteiger partial charge < -0.3 is 5.32 Å². The number of hydrogen-bond acceptors (Lipinski definition) is 4. The van der Waals surface area contributed by atoms with Crippen molar-refractivity contribution in [1.82, 2.24) is 15.0 Å². The van der Waals surface area contributed by atoms with Gasteiger partial charge in [0.05, 0.1) is 11.1 Å². The summed E-state index contributed by atoms with van der Waals surface area (Å²) in [6.45, 7) is 1.74. The maximum Gasteiger partial charge on any atom is 0.242 e. The average Bonchev–Trinajstić information content (AvgIpc) is 2.37. The zero-order chi connectivity index (χ0) is 13.2. The minimum atomic E-state index is -3.54. The summed E-state index contributed by atoms with van der Waals surface area (Å²) in [7, 11) is -1.84. The van der Waals surface area contributed by atoms with Crippen LogP contribution in [0, 0.1) is 0 Å². The quantitative estimate of drug-likeness (QED) is 0.811. The largest absolute Gasteiger partial charge is 0.304 e. The molecule has 1 aromatic heterocycles. The molecule has 0 radical (unpaired) electrons. The molecule has 2 N–H and O–H groups in total. The van der Waals surface area contributed by atoms with Crippen LogP contribution in [0.3, 0.4) is 0 Å². The van der Waals surface area contributed by atoms with E-state index in [-0.39, 0.29) is 11.1 Å². The fraction of sp³-hybridized carbons (Fsp3) is 0.250. The molecule has 5 nitrogen and oxygen atoms in total. The van der Waals surface area contributed by atoms with Gasteiger partial charge in [0.2, 0.25) is 10.0 Å². The monoisotopic (exact) mass is 265 g/mol. The van der Waals surface area contributed by atoms with Gasteiger partial charge in [-0.1, -0.05) is 12.1 Å². The first-order valence-corrected chi connectivity index (χ1v) is 7.05. The van der Waals surface area contributed by atoms with E-state index in [4.69, 9.17) is 0 Å². The van der Waals surface area contributed by atoms with Gasteiger partial charge in [-0.05, 0) is 26.1 Å². The lowest BCUT2D eigenvalue weighted by molar-refractivity contribution is 0.534. The minimum Gasteiger partial charge on any atom is -0.304 e. The lowest BCUT2D eigenvalue weighted by Crippen LogP contribution is -2.41. The highest BCUT2D eigenvalue weighted by Gasteiger charge is 2.18. The van der Waals surface area contributed by atoms with Gasteiger partial charge in [-0.25, -0.2) is 8.42 Å². The van der Waals surface area contributed by atoms with E-state index < -0.39 is 10.0 Å². The van der Waals surface area contributed by atoms with Crippen LogP contribution in [0.4, 0.5) is 0 Å². The first-order valence-electron chi connectivity index (χ1n) is 5.57. The predicted molar refractivity (Wildman–Crippen MR) is 70.6 cm³/mol. The summed E-state index contributed by atoms with van der Waals surface area (Å²) in [6, 6.07) is 6.84. The van der Waals surface area contributed by atoms with Gasteiger partial charge in [0.15, 0.2) is 0 Å². The van der Waals surface area contributed by atoms with Crippen molar-refractivity contribution >= 4 is 20.8 Å². The number of rotatable bonds is 4. The lowest BCUT2D eigenvalue weighted by Gasteiger charge is -2.14. The third kappa shape index (κ3) is 2.50. The fourth-order valence-corrected chi connectivity index (χ4v) is 3.13. The molecule has 0 aliphatic carbocycles. The van der Waals surface area contributed by atoms with Crippen LogP contribution >= 0.6 is 0 Å². The van der Waals surface area contributed by atoms with E-state index in [1.54, 1.807) is 44.6 Å². The van der Waals surface area contributed by atoms with E-state index >= 15 is 0 Å². The van der Waals surface area contributed by atoms with Crippen LogP contribution in [0.15, 0.2) is 41.6 Å². The average molecular weight is 265 g/mol. The van der Waals surface area contributed by atoms with Crippen LogP contribution in [-0.4, -0.2) is 26.6 Å². The van der Waals surface area contributed by atoms with Crippen molar-refractivity contribution in [3.8, 4) is 0 Å². The van der Waals surface area contributed by atoms with Gasteiger partial charge in [0.1, 0.15) is 0 Å². The van der Waals surface area contributed by atoms with Gasteiger partial charge in [0.25, 0.3) is 0 Å². The summed E-state index contributed by atoms with van der Waals surface area (Å²) in [6.07, 6.45) is 2.91. The Morgan fingerprint density at radius 1 is 1.28 bits per heavy atom. The molecule has 1 aromatic carbocycles. The number of hydrogen-bond donors (Lipinski definition) is 2. The molecule has 1 atom stereocenters. The second-order valence-corrected chi connectivity index (χ2v) is 5.67. The second-order valence-electron chi connectivity index (χ2n) is 3.98. The number of nitrogens with one attached hydrogen (secondary N) is 2. The molecule has 6 heteroatoms. The molecule has 0 amide bonds. The Bertz CT molecular complexity index is 650. The van der Waals surface area contributed by atoms with Crippen LogP contribution in [0.1, 0.15) is 6.92 Å². The molecule has 1 heterocycles. The topological polar surface area (TPSA) is 71.1 Å². The summed E-state index contributed by atoms with van der Waals surface area (Å²) >= 11 is 0. The number of aromatic nitrogens is 1. The maximum atomic E-state index is 12.2. The highest BCUT2D eigenvalue weighted by atomic mass is 32.2. The van der Waals surface area contributed by atoms with E-state index in [1.807, 2.05) is 6.07 Å². The van der Waals surface area contributed by atoms with Gasteiger partial charge >= 0.3 is 0 Å². The van der Waals surface area contributed by atoms with Crippen LogP contribution < -0.4 is 10.0 Å². The zero-order valence-electron chi connectivity index (χ0n) is 10.2. The number of sulfonamides is 1. The van der Waals surface area contributed by atoms with Gasteiger partial charge in [-0.15, -0.1) is 0 Å². The van der Waals surface area contributed by atoms with Crippen LogP contribution in [0.2, 0.25) is 0 Å². The van der Waals surface area contributed by atoms with Gasteiger partial charge in [-0.2, -0.15) is 4.72 Å². The predicted octanol–water partition coefficient (Wildman–Crippen LogP) is 1.08. The van der Waals surface area contributed by atoms with E-state index in [0.717, 1.165) is 5.39 Å². The van der Waals surface area contributed by atoms with Crippen LogP contribution in [-0.2, 0) is 10.0 Å². The lowest BCUT2D eigenvalue weighted by atomic mass is 10.2. The molecule has 0 saturated carbocycles. The molecule has 1 unspecified atom stereocenters. The third-order valence-corrected chi connectivity index (χ3v) is 4.29. The number of fused-ring (bicyclic) bond motifs is 1. The van der Waals surface area contributed by atoms with Crippen molar-refractivity contribution in [2.45, 2.75) is 18.0 Å². The van der Waals surface area contributed by atoms with Crippen LogP contribution in [0.25, 0.3) is 10.8 Å². The molecule has 0 bridgehead atoms. The molecular formula is C12H15N3O2S. The smallest absolute Gasteiger partial charge is 0.242 e. The Morgan fingerprint density at radius 2 is 2.06 bits per heavy atom. The zero-order valence-corrected chi connectivity index (χ0v) is 11.0. The molecule has 0 saturated heterocycles. The first-order chi connectivity index (χ1) is 8.54. The Hall–Kier alpha value is -1.50. The van der Waals surface area contributed by atoms with Crippen molar-refractivity contribution in [2.24, 2.45) is 0 Å². The minimum absolute atomic E-state index is 0.268. The van der Waals surface area contributed by atoms with Crippen LogP contribution in [0.5, 0.6) is 0 Å². The summed E-state index contributed by atoms with van der Waals surface area (Å²) < 4.78 is 27.0. The molecule has 2 rings (SSSR count). The van der Waals surface area contributed by atoms with Crippen molar-refractivity contribution < 1.29 is 8.42 Å². The van der Waals surface area contributed by atoms with Crippen molar-refractivity contribution in [1.29, 1.82) is 0 Å². The van der Waals surface area contributed by atoms with Crippen molar-refractivity contribution in [3.63, 3.8) is 0 Å². The normalized spacial score (nSPS) is 13.7. The number of benzene rings is 1. The summed E-state index contributed by atoms with van der Waals surface area (Å²) in [5, 5.41) is 4.31. The molecule has 96 valence electrons. The molecule has 0 aliphatic heterocycles. The standard InChI is InChI=1S/C12H15N3O2S/c1-9(13-2)15-18(16,17)12-5-3-4-10-8-14-7-6-11(10)12/h3-9,13,15H,1-2H3. The molecule has 0 fully saturated rings. The molecule has 0 spiro atoms. The molecule has 0 aliphatic rings.